The van der Waals surface area contributed by atoms with Crippen LogP contribution in [0.25, 0.3) is 11.3 Å². The van der Waals surface area contributed by atoms with Gasteiger partial charge >= 0.3 is 0 Å². The van der Waals surface area contributed by atoms with Gasteiger partial charge in [0.25, 0.3) is 15.9 Å². The minimum Gasteiger partial charge on any atom is -0.438 e. The first-order valence-electron chi connectivity index (χ1n) is 11.6. The highest BCUT2D eigenvalue weighted by Gasteiger charge is 2.24. The van der Waals surface area contributed by atoms with Gasteiger partial charge in [-0.05, 0) is 68.7 Å². The molecule has 0 bridgehead atoms. The highest BCUT2D eigenvalue weighted by Crippen LogP contribution is 2.32. The Kier molecular flexibility index (Phi) is 7.37. The minimum absolute atomic E-state index is 0. The number of pyridine rings is 2. The lowest BCUT2D eigenvalue weighted by Crippen LogP contribution is -2.31. The van der Waals surface area contributed by atoms with Crippen molar-refractivity contribution in [2.45, 2.75) is 39.3 Å². The number of aromatic nitrogens is 2. The van der Waals surface area contributed by atoms with E-state index in [9.17, 15) is 13.2 Å². The second-order valence-electron chi connectivity index (χ2n) is 8.83. The molecule has 0 aliphatic carbocycles. The summed E-state index contributed by atoms with van der Waals surface area (Å²) < 4.78 is 34.0. The van der Waals surface area contributed by atoms with E-state index in [1.807, 2.05) is 57.2 Å². The molecule has 37 heavy (non-hydrogen) atoms. The van der Waals surface area contributed by atoms with E-state index in [-0.39, 0.29) is 20.7 Å². The number of sulfonamides is 1. The minimum atomic E-state index is -4.22. The smallest absolute Gasteiger partial charge is 0.281 e. The molecular weight excluding hydrogens is 488 g/mol. The van der Waals surface area contributed by atoms with Crippen LogP contribution in [0.5, 0.6) is 11.6 Å². The van der Waals surface area contributed by atoms with Crippen molar-refractivity contribution in [3.8, 4) is 22.9 Å². The quantitative estimate of drug-likeness (QED) is 0.329. The summed E-state index contributed by atoms with van der Waals surface area (Å²) in [5, 5.41) is -0.252. The maximum atomic E-state index is 13.2. The van der Waals surface area contributed by atoms with Gasteiger partial charge in [-0.25, -0.2) is 14.7 Å². The monoisotopic (exact) mass is 522 g/mol. The van der Waals surface area contributed by atoms with Gasteiger partial charge in [0.15, 0.2) is 5.03 Å². The van der Waals surface area contributed by atoms with E-state index >= 15 is 0 Å². The largest absolute Gasteiger partial charge is 0.438 e. The number of nitrogens with one attached hydrogen (secondary N) is 1. The van der Waals surface area contributed by atoms with E-state index in [1.165, 1.54) is 12.1 Å². The lowest BCUT2D eigenvalue weighted by molar-refractivity contribution is 0.0978. The highest BCUT2D eigenvalue weighted by molar-refractivity contribution is 7.90. The molecule has 4 rings (SSSR count). The molecule has 0 saturated heterocycles. The van der Waals surface area contributed by atoms with Gasteiger partial charge in [0.1, 0.15) is 11.3 Å². The van der Waals surface area contributed by atoms with Crippen molar-refractivity contribution in [1.29, 1.82) is 0 Å². The van der Waals surface area contributed by atoms with E-state index in [2.05, 4.69) is 14.7 Å². The maximum Gasteiger partial charge on any atom is 0.281 e. The predicted molar refractivity (Wildman–Crippen MR) is 148 cm³/mol. The Morgan fingerprint density at radius 1 is 0.946 bits per heavy atom. The fourth-order valence-electron chi connectivity index (χ4n) is 3.98. The van der Waals surface area contributed by atoms with Crippen LogP contribution in [-0.4, -0.2) is 24.3 Å². The Morgan fingerprint density at radius 2 is 1.62 bits per heavy atom. The number of carbonyl (C=O) groups is 1. The zero-order valence-electron chi connectivity index (χ0n) is 21.1. The average Bonchev–Trinajstić information content (AvgIpc) is 2.86. The summed E-state index contributed by atoms with van der Waals surface area (Å²) in [6.07, 6.45) is 0. The third kappa shape index (κ3) is 5.84. The predicted octanol–water partition coefficient (Wildman–Crippen LogP) is 5.48. The molecule has 0 spiro atoms. The molecule has 0 radical (unpaired) electrons. The van der Waals surface area contributed by atoms with Gasteiger partial charge in [-0.3, -0.25) is 4.79 Å². The third-order valence-electron chi connectivity index (χ3n) is 5.76. The molecule has 196 valence electrons. The summed E-state index contributed by atoms with van der Waals surface area (Å²) in [4.78, 5) is 21.9. The van der Waals surface area contributed by atoms with E-state index in [0.29, 0.717) is 23.7 Å². The number of hydrogen-bond donors (Lipinski definition) is 2. The fraction of sp³-hybridized carbons (Fsp3) is 0.179. The van der Waals surface area contributed by atoms with Crippen LogP contribution in [0, 0.1) is 27.7 Å². The molecule has 0 unspecified atom stereocenters. The molecule has 2 aromatic carbocycles. The van der Waals surface area contributed by atoms with Gasteiger partial charge < -0.3 is 10.5 Å². The van der Waals surface area contributed by atoms with Crippen LogP contribution in [-0.2, 0) is 16.6 Å². The number of ether oxygens (including phenoxy) is 1. The first kappa shape index (κ1) is 26.0. The van der Waals surface area contributed by atoms with Crippen LogP contribution in [0.1, 0.15) is 42.6 Å². The molecule has 3 N–H and O–H groups in total. The Balaban J connectivity index is 0.00000267. The van der Waals surface area contributed by atoms with Crippen LogP contribution in [0.2, 0.25) is 0 Å². The summed E-state index contributed by atoms with van der Waals surface area (Å²) in [5.74, 6) is -0.343. The average molecular weight is 523 g/mol. The van der Waals surface area contributed by atoms with Crippen LogP contribution in [0.4, 0.5) is 0 Å². The Bertz CT molecular complexity index is 1570. The Morgan fingerprint density at radius 3 is 2.24 bits per heavy atom. The number of hydrogen-bond acceptors (Lipinski definition) is 7. The number of nitrogens with zero attached hydrogens (tertiary/aromatic N) is 2. The summed E-state index contributed by atoms with van der Waals surface area (Å²) in [6.45, 7) is 7.87. The number of aryl methyl sites for hydroxylation is 4. The Hall–Kier alpha value is -4.08. The molecule has 1 amide bonds. The van der Waals surface area contributed by atoms with Crippen LogP contribution in [0.15, 0.2) is 71.8 Å². The second kappa shape index (κ2) is 10.5. The number of carbonyl (C=O) groups excluding carboxylic acids is 1. The van der Waals surface area contributed by atoms with Crippen molar-refractivity contribution < 1.29 is 22.2 Å². The number of benzene rings is 2. The summed E-state index contributed by atoms with van der Waals surface area (Å²) in [5.41, 5.74) is 11.3. The molecule has 0 saturated carbocycles. The van der Waals surface area contributed by atoms with Crippen molar-refractivity contribution in [2.24, 2.45) is 5.73 Å². The zero-order valence-corrected chi connectivity index (χ0v) is 21.9. The van der Waals surface area contributed by atoms with E-state index < -0.39 is 15.9 Å². The molecule has 4 aromatic rings. The number of amides is 1. The zero-order chi connectivity index (χ0) is 26.7. The van der Waals surface area contributed by atoms with Crippen molar-refractivity contribution in [3.05, 3.63) is 100 Å². The van der Waals surface area contributed by atoms with Gasteiger partial charge in [0.2, 0.25) is 5.88 Å². The lowest BCUT2D eigenvalue weighted by atomic mass is 10.1. The van der Waals surface area contributed by atoms with Gasteiger partial charge in [0, 0.05) is 22.1 Å². The number of rotatable bonds is 7. The van der Waals surface area contributed by atoms with Crippen LogP contribution < -0.4 is 15.2 Å². The summed E-state index contributed by atoms with van der Waals surface area (Å²) >= 11 is 0. The van der Waals surface area contributed by atoms with Gasteiger partial charge in [-0.2, -0.15) is 8.42 Å². The standard InChI is InChI=1S/C28H28N4O4S.3H2/c1-17-14-18(2)26(19(3)15-17)36-28-23(12-13-24(31-28)22-10-8-21(16-29)9-11-22)27(33)32-37(34,35)25-7-5-6-20(4)30-25;;;/h5-15H,16,29H2,1-4H3,(H,32,33);3*1H. The summed E-state index contributed by atoms with van der Waals surface area (Å²) in [7, 11) is -4.22. The fourth-order valence-corrected chi connectivity index (χ4v) is 4.97. The number of nitrogens with two attached hydrogens (primary N) is 1. The van der Waals surface area contributed by atoms with Crippen molar-refractivity contribution in [1.82, 2.24) is 14.7 Å². The van der Waals surface area contributed by atoms with Crippen molar-refractivity contribution in [2.75, 3.05) is 0 Å². The highest BCUT2D eigenvalue weighted by atomic mass is 32.2. The van der Waals surface area contributed by atoms with Crippen molar-refractivity contribution in [3.63, 3.8) is 0 Å². The van der Waals surface area contributed by atoms with E-state index in [0.717, 1.165) is 27.8 Å². The van der Waals surface area contributed by atoms with Gasteiger partial charge in [-0.1, -0.05) is 48.0 Å². The summed E-state index contributed by atoms with van der Waals surface area (Å²) in [6, 6.07) is 19.2. The molecule has 2 heterocycles. The SMILES string of the molecule is Cc1cc(C)c(Oc2nc(-c3ccc(CN)cc3)ccc2C(=O)NS(=O)(=O)c2cccc(C)n2)c(C)c1.[HH].[HH].[HH]. The molecule has 0 aliphatic rings. The van der Waals surface area contributed by atoms with Crippen molar-refractivity contribution >= 4 is 15.9 Å². The molecule has 0 atom stereocenters. The van der Waals surface area contributed by atoms with Gasteiger partial charge in [-0.15, -0.1) is 0 Å². The van der Waals surface area contributed by atoms with Crippen LogP contribution in [0.3, 0.4) is 0 Å². The molecule has 0 fully saturated rings. The lowest BCUT2D eigenvalue weighted by Gasteiger charge is -2.16. The molecular formula is C28H34N4O4S. The molecule has 0 aliphatic heterocycles. The molecule has 2 aromatic heterocycles. The first-order chi connectivity index (χ1) is 17.6. The van der Waals surface area contributed by atoms with E-state index in [4.69, 9.17) is 10.5 Å². The molecule has 8 nitrogen and oxygen atoms in total. The third-order valence-corrected chi connectivity index (χ3v) is 6.99. The maximum absolute atomic E-state index is 13.2. The second-order valence-corrected chi connectivity index (χ2v) is 10.5. The van der Waals surface area contributed by atoms with E-state index in [1.54, 1.807) is 25.1 Å². The topological polar surface area (TPSA) is 124 Å². The molecule has 9 heteroatoms. The van der Waals surface area contributed by atoms with Gasteiger partial charge in [0.05, 0.1) is 5.69 Å². The normalized spacial score (nSPS) is 11.3. The Labute approximate surface area is 221 Å². The first-order valence-corrected chi connectivity index (χ1v) is 13.1. The van der Waals surface area contributed by atoms with Crippen LogP contribution >= 0.6 is 0 Å².